The van der Waals surface area contributed by atoms with Crippen molar-refractivity contribution in [3.05, 3.63) is 28.2 Å². The molecule has 1 aliphatic rings. The van der Waals surface area contributed by atoms with Crippen LogP contribution in [0, 0.1) is 5.92 Å². The minimum absolute atomic E-state index is 0.255. The predicted molar refractivity (Wildman–Crippen MR) is 67.1 cm³/mol. The van der Waals surface area contributed by atoms with Gasteiger partial charge in [0, 0.05) is 28.9 Å². The van der Waals surface area contributed by atoms with E-state index in [1.54, 1.807) is 0 Å². The summed E-state index contributed by atoms with van der Waals surface area (Å²) in [7, 11) is 0. The maximum absolute atomic E-state index is 10.3. The SMILES string of the molecule is Nc1ccc(Br)cc1C(O)C1CCOCC1. The smallest absolute Gasteiger partial charge is 0.0840 e. The number of rotatable bonds is 2. The molecule has 0 saturated carbocycles. The molecular weight excluding hydrogens is 270 g/mol. The van der Waals surface area contributed by atoms with Gasteiger partial charge >= 0.3 is 0 Å². The van der Waals surface area contributed by atoms with Crippen LogP contribution in [0.1, 0.15) is 24.5 Å². The van der Waals surface area contributed by atoms with Gasteiger partial charge in [-0.2, -0.15) is 0 Å². The van der Waals surface area contributed by atoms with E-state index in [9.17, 15) is 5.11 Å². The molecule has 1 aliphatic heterocycles. The van der Waals surface area contributed by atoms with Crippen LogP contribution in [0.3, 0.4) is 0 Å². The zero-order valence-corrected chi connectivity index (χ0v) is 10.6. The fraction of sp³-hybridized carbons (Fsp3) is 0.500. The summed E-state index contributed by atoms with van der Waals surface area (Å²) in [5.74, 6) is 0.255. The van der Waals surface area contributed by atoms with Crippen molar-refractivity contribution in [1.29, 1.82) is 0 Å². The molecule has 3 N–H and O–H groups in total. The lowest BCUT2D eigenvalue weighted by Gasteiger charge is -2.27. The Hall–Kier alpha value is -0.580. The first-order valence-electron chi connectivity index (χ1n) is 5.49. The molecule has 16 heavy (non-hydrogen) atoms. The fourth-order valence-corrected chi connectivity index (χ4v) is 2.47. The van der Waals surface area contributed by atoms with E-state index in [0.717, 1.165) is 36.1 Å². The highest BCUT2D eigenvalue weighted by atomic mass is 79.9. The Morgan fingerprint density at radius 3 is 2.75 bits per heavy atom. The van der Waals surface area contributed by atoms with E-state index in [0.29, 0.717) is 5.69 Å². The van der Waals surface area contributed by atoms with Crippen molar-refractivity contribution in [2.45, 2.75) is 18.9 Å². The van der Waals surface area contributed by atoms with E-state index in [1.807, 2.05) is 18.2 Å². The Balaban J connectivity index is 2.18. The van der Waals surface area contributed by atoms with E-state index in [4.69, 9.17) is 10.5 Å². The lowest BCUT2D eigenvalue weighted by atomic mass is 9.89. The summed E-state index contributed by atoms with van der Waals surface area (Å²) in [5.41, 5.74) is 7.36. The van der Waals surface area contributed by atoms with E-state index >= 15 is 0 Å². The van der Waals surface area contributed by atoms with Gasteiger partial charge in [0.25, 0.3) is 0 Å². The van der Waals surface area contributed by atoms with Crippen LogP contribution < -0.4 is 5.73 Å². The summed E-state index contributed by atoms with van der Waals surface area (Å²) >= 11 is 3.40. The summed E-state index contributed by atoms with van der Waals surface area (Å²) in [6.07, 6.45) is 1.31. The monoisotopic (exact) mass is 285 g/mol. The molecule has 1 unspecified atom stereocenters. The number of aliphatic hydroxyl groups excluding tert-OH is 1. The number of halogens is 1. The molecule has 0 aromatic heterocycles. The third kappa shape index (κ3) is 2.56. The quantitative estimate of drug-likeness (QED) is 0.821. The lowest BCUT2D eigenvalue weighted by Crippen LogP contribution is -2.22. The second-order valence-electron chi connectivity index (χ2n) is 4.17. The van der Waals surface area contributed by atoms with E-state index in [2.05, 4.69) is 15.9 Å². The van der Waals surface area contributed by atoms with Crippen LogP contribution in [0.25, 0.3) is 0 Å². The Morgan fingerprint density at radius 1 is 1.38 bits per heavy atom. The van der Waals surface area contributed by atoms with Gasteiger partial charge in [-0.3, -0.25) is 0 Å². The molecule has 2 rings (SSSR count). The number of ether oxygens (including phenoxy) is 1. The van der Waals surface area contributed by atoms with Gasteiger partial charge in [0.15, 0.2) is 0 Å². The zero-order chi connectivity index (χ0) is 11.5. The van der Waals surface area contributed by atoms with Gasteiger partial charge in [0.2, 0.25) is 0 Å². The molecule has 0 spiro atoms. The first-order chi connectivity index (χ1) is 7.68. The molecule has 0 bridgehead atoms. The van der Waals surface area contributed by atoms with Gasteiger partial charge in [-0.1, -0.05) is 15.9 Å². The van der Waals surface area contributed by atoms with Crippen molar-refractivity contribution < 1.29 is 9.84 Å². The first-order valence-corrected chi connectivity index (χ1v) is 6.28. The average molecular weight is 286 g/mol. The van der Waals surface area contributed by atoms with Crippen LogP contribution in [0.15, 0.2) is 22.7 Å². The summed E-state index contributed by atoms with van der Waals surface area (Å²) in [6.45, 7) is 1.46. The highest BCUT2D eigenvalue weighted by molar-refractivity contribution is 9.10. The number of hydrogen-bond acceptors (Lipinski definition) is 3. The van der Waals surface area contributed by atoms with Gasteiger partial charge in [-0.15, -0.1) is 0 Å². The Labute approximate surface area is 104 Å². The normalized spacial score (nSPS) is 19.6. The third-order valence-corrected chi connectivity index (χ3v) is 3.57. The molecule has 1 atom stereocenters. The summed E-state index contributed by atoms with van der Waals surface area (Å²) in [4.78, 5) is 0. The summed E-state index contributed by atoms with van der Waals surface area (Å²) in [6, 6.07) is 5.60. The maximum atomic E-state index is 10.3. The topological polar surface area (TPSA) is 55.5 Å². The van der Waals surface area contributed by atoms with Gasteiger partial charge in [-0.05, 0) is 37.0 Å². The largest absolute Gasteiger partial charge is 0.398 e. The number of hydrogen-bond donors (Lipinski definition) is 2. The van der Waals surface area contributed by atoms with E-state index in [1.165, 1.54) is 0 Å². The van der Waals surface area contributed by atoms with Crippen molar-refractivity contribution in [1.82, 2.24) is 0 Å². The van der Waals surface area contributed by atoms with Crippen LogP contribution in [0.4, 0.5) is 5.69 Å². The minimum atomic E-state index is -0.485. The van der Waals surface area contributed by atoms with Crippen molar-refractivity contribution in [3.8, 4) is 0 Å². The molecule has 0 radical (unpaired) electrons. The van der Waals surface area contributed by atoms with Crippen molar-refractivity contribution in [2.24, 2.45) is 5.92 Å². The second-order valence-corrected chi connectivity index (χ2v) is 5.08. The molecule has 0 aliphatic carbocycles. The molecule has 1 saturated heterocycles. The lowest BCUT2D eigenvalue weighted by molar-refractivity contribution is 0.00744. The summed E-state index contributed by atoms with van der Waals surface area (Å²) < 4.78 is 6.24. The number of aliphatic hydroxyl groups is 1. The third-order valence-electron chi connectivity index (χ3n) is 3.08. The number of nitrogen functional groups attached to an aromatic ring is 1. The predicted octanol–water partition coefficient (Wildman–Crippen LogP) is 2.49. The van der Waals surface area contributed by atoms with Gasteiger partial charge in [0.05, 0.1) is 6.10 Å². The first kappa shape index (κ1) is 11.9. The van der Waals surface area contributed by atoms with Crippen LogP contribution >= 0.6 is 15.9 Å². The van der Waals surface area contributed by atoms with Crippen LogP contribution in [-0.4, -0.2) is 18.3 Å². The Kier molecular flexibility index (Phi) is 3.84. The number of anilines is 1. The van der Waals surface area contributed by atoms with Gasteiger partial charge in [0.1, 0.15) is 0 Å². The number of benzene rings is 1. The molecule has 1 fully saturated rings. The molecule has 4 heteroatoms. The highest BCUT2D eigenvalue weighted by Gasteiger charge is 2.24. The molecular formula is C12H16BrNO2. The average Bonchev–Trinajstić information content (AvgIpc) is 2.32. The molecule has 1 aromatic carbocycles. The fourth-order valence-electron chi connectivity index (χ4n) is 2.09. The van der Waals surface area contributed by atoms with Gasteiger partial charge < -0.3 is 15.6 Å². The second kappa shape index (κ2) is 5.17. The highest BCUT2D eigenvalue weighted by Crippen LogP contribution is 2.34. The molecule has 3 nitrogen and oxygen atoms in total. The van der Waals surface area contributed by atoms with Gasteiger partial charge in [-0.25, -0.2) is 0 Å². The minimum Gasteiger partial charge on any atom is -0.398 e. The zero-order valence-electron chi connectivity index (χ0n) is 9.03. The van der Waals surface area contributed by atoms with Crippen LogP contribution in [-0.2, 0) is 4.74 Å². The number of nitrogens with two attached hydrogens (primary N) is 1. The van der Waals surface area contributed by atoms with Crippen molar-refractivity contribution in [3.63, 3.8) is 0 Å². The van der Waals surface area contributed by atoms with Crippen LogP contribution in [0.5, 0.6) is 0 Å². The van der Waals surface area contributed by atoms with Crippen LogP contribution in [0.2, 0.25) is 0 Å². The maximum Gasteiger partial charge on any atom is 0.0840 e. The van der Waals surface area contributed by atoms with Crippen molar-refractivity contribution in [2.75, 3.05) is 18.9 Å². The molecule has 1 aromatic rings. The summed E-state index contributed by atoms with van der Waals surface area (Å²) in [5, 5.41) is 10.3. The molecule has 88 valence electrons. The van der Waals surface area contributed by atoms with Crippen molar-refractivity contribution >= 4 is 21.6 Å². The molecule has 1 heterocycles. The Morgan fingerprint density at radius 2 is 2.06 bits per heavy atom. The van der Waals surface area contributed by atoms with E-state index < -0.39 is 6.10 Å². The molecule has 0 amide bonds. The standard InChI is InChI=1S/C12H16BrNO2/c13-9-1-2-11(14)10(7-9)12(15)8-3-5-16-6-4-8/h1-2,7-8,12,15H,3-6,14H2. The Bertz CT molecular complexity index is 364. The van der Waals surface area contributed by atoms with E-state index in [-0.39, 0.29) is 5.92 Å².